The predicted octanol–water partition coefficient (Wildman–Crippen LogP) is 1.52. The van der Waals surface area contributed by atoms with E-state index in [4.69, 9.17) is 5.21 Å². The molecule has 1 atom stereocenters. The average molecular weight is 386 g/mol. The Kier molecular flexibility index (Phi) is 5.88. The van der Waals surface area contributed by atoms with Crippen molar-refractivity contribution in [3.63, 3.8) is 0 Å². The molecule has 0 saturated carbocycles. The molecule has 2 N–H and O–H groups in total. The molecule has 10 nitrogen and oxygen atoms in total. The molecule has 1 aromatic carbocycles. The number of oxime groups is 1. The van der Waals surface area contributed by atoms with Gasteiger partial charge in [0, 0.05) is 13.1 Å². The molecule has 0 aromatic heterocycles. The lowest BCUT2D eigenvalue weighted by Crippen LogP contribution is -2.38. The molecule has 1 aliphatic heterocycles. The van der Waals surface area contributed by atoms with Gasteiger partial charge in [-0.1, -0.05) is 5.16 Å². The van der Waals surface area contributed by atoms with Gasteiger partial charge >= 0.3 is 11.8 Å². The second-order valence-electron chi connectivity index (χ2n) is 5.79. The number of ether oxygens (including phenoxy) is 1. The van der Waals surface area contributed by atoms with E-state index in [2.05, 4.69) is 15.2 Å². The Balaban J connectivity index is 2.25. The summed E-state index contributed by atoms with van der Waals surface area (Å²) < 4.78 is 32.9. The van der Waals surface area contributed by atoms with Crippen LogP contribution >= 0.6 is 0 Å². The Morgan fingerprint density at radius 1 is 1.48 bits per heavy atom. The van der Waals surface area contributed by atoms with Gasteiger partial charge in [-0.15, -0.1) is 0 Å². The summed E-state index contributed by atoms with van der Waals surface area (Å²) in [4.78, 5) is 34.9. The number of methoxy groups -OCH3 is 1. The number of carbonyl (C=O) groups excluding carboxylic acids is 2. The number of benzene rings is 1. The first kappa shape index (κ1) is 20.0. The van der Waals surface area contributed by atoms with Crippen LogP contribution in [0.3, 0.4) is 0 Å². The second kappa shape index (κ2) is 7.93. The van der Waals surface area contributed by atoms with Crippen molar-refractivity contribution >= 4 is 23.5 Å². The zero-order valence-corrected chi connectivity index (χ0v) is 14.4. The van der Waals surface area contributed by atoms with Gasteiger partial charge in [-0.05, 0) is 19.4 Å². The molecule has 146 valence electrons. The molecule has 2 rings (SSSR count). The number of amidine groups is 1. The zero-order chi connectivity index (χ0) is 20.3. The van der Waals surface area contributed by atoms with Gasteiger partial charge in [0.25, 0.3) is 0 Å². The minimum Gasteiger partial charge on any atom is -0.453 e. The summed E-state index contributed by atoms with van der Waals surface area (Å²) in [5.41, 5.74) is -2.43. The number of nitro benzene ring substituents is 1. The molecule has 0 radical (unpaired) electrons. The first-order valence-corrected chi connectivity index (χ1v) is 7.70. The Morgan fingerprint density at radius 3 is 2.70 bits per heavy atom. The summed E-state index contributed by atoms with van der Waals surface area (Å²) >= 11 is 0. The molecular formula is C15H16F2N4O6. The third-order valence-corrected chi connectivity index (χ3v) is 4.20. The summed E-state index contributed by atoms with van der Waals surface area (Å²) in [5.74, 6) is -4.77. The molecule has 0 spiro atoms. The topological polar surface area (TPSA) is 134 Å². The number of carbonyl (C=O) groups is 2. The second-order valence-corrected chi connectivity index (χ2v) is 5.79. The molecule has 0 aliphatic carbocycles. The molecule has 27 heavy (non-hydrogen) atoms. The van der Waals surface area contributed by atoms with Crippen molar-refractivity contribution in [2.75, 3.05) is 20.2 Å². The fourth-order valence-corrected chi connectivity index (χ4v) is 2.73. The van der Waals surface area contributed by atoms with Gasteiger partial charge in [0.15, 0.2) is 5.84 Å². The summed E-state index contributed by atoms with van der Waals surface area (Å²) in [6.45, 7) is 1.28. The van der Waals surface area contributed by atoms with Gasteiger partial charge in [-0.25, -0.2) is 9.18 Å². The molecule has 1 unspecified atom stereocenters. The van der Waals surface area contributed by atoms with E-state index >= 15 is 0 Å². The van der Waals surface area contributed by atoms with Crippen molar-refractivity contribution in [2.24, 2.45) is 11.1 Å². The van der Waals surface area contributed by atoms with Crippen molar-refractivity contribution in [3.8, 4) is 0 Å². The summed E-state index contributed by atoms with van der Waals surface area (Å²) in [6.07, 6.45) is -0.353. The van der Waals surface area contributed by atoms with Crippen LogP contribution in [0.15, 0.2) is 11.2 Å². The summed E-state index contributed by atoms with van der Waals surface area (Å²) in [7, 11) is 1.19. The zero-order valence-electron chi connectivity index (χ0n) is 14.4. The van der Waals surface area contributed by atoms with Crippen LogP contribution in [0.25, 0.3) is 0 Å². The maximum absolute atomic E-state index is 14.4. The maximum atomic E-state index is 14.4. The van der Waals surface area contributed by atoms with Crippen molar-refractivity contribution in [3.05, 3.63) is 38.9 Å². The van der Waals surface area contributed by atoms with E-state index in [0.29, 0.717) is 6.07 Å². The first-order chi connectivity index (χ1) is 12.7. The number of halogens is 2. The van der Waals surface area contributed by atoms with Crippen LogP contribution < -0.4 is 5.32 Å². The quantitative estimate of drug-likeness (QED) is 0.266. The van der Waals surface area contributed by atoms with Crippen LogP contribution in [0.2, 0.25) is 0 Å². The van der Waals surface area contributed by atoms with E-state index in [1.54, 1.807) is 0 Å². The van der Waals surface area contributed by atoms with E-state index in [9.17, 15) is 28.5 Å². The fourth-order valence-electron chi connectivity index (χ4n) is 2.73. The van der Waals surface area contributed by atoms with Gasteiger partial charge in [-0.3, -0.25) is 14.9 Å². The minimum absolute atomic E-state index is 0.0160. The Hall–Kier alpha value is -3.31. The third kappa shape index (κ3) is 3.93. The van der Waals surface area contributed by atoms with Crippen molar-refractivity contribution in [2.45, 2.75) is 13.3 Å². The smallest absolute Gasteiger partial charge is 0.409 e. The minimum atomic E-state index is -1.45. The maximum Gasteiger partial charge on any atom is 0.409 e. The molecule has 2 amide bonds. The third-order valence-electron chi connectivity index (χ3n) is 4.20. The van der Waals surface area contributed by atoms with Crippen LogP contribution in [0.1, 0.15) is 17.5 Å². The largest absolute Gasteiger partial charge is 0.453 e. The van der Waals surface area contributed by atoms with Gasteiger partial charge in [0.2, 0.25) is 11.7 Å². The predicted molar refractivity (Wildman–Crippen MR) is 86.3 cm³/mol. The van der Waals surface area contributed by atoms with Crippen LogP contribution in [0.5, 0.6) is 0 Å². The van der Waals surface area contributed by atoms with Crippen molar-refractivity contribution in [1.29, 1.82) is 0 Å². The van der Waals surface area contributed by atoms with Gasteiger partial charge in [0.1, 0.15) is 5.82 Å². The van der Waals surface area contributed by atoms with Crippen LogP contribution in [-0.2, 0) is 9.53 Å². The standard InChI is InChI=1S/C15H16F2N4O6/c1-7-10(16)5-9(11(17)12(7)21(25)26)13(19-24)18-14(22)8-3-4-20(6-8)15(23)27-2/h5,8,24H,3-4,6H2,1-2H3,(H,18,19,22). The number of rotatable bonds is 3. The lowest BCUT2D eigenvalue weighted by Gasteiger charge is -2.15. The first-order valence-electron chi connectivity index (χ1n) is 7.70. The molecule has 1 heterocycles. The summed E-state index contributed by atoms with van der Waals surface area (Å²) in [6, 6.07) is 0.586. The lowest BCUT2D eigenvalue weighted by atomic mass is 10.1. The molecule has 0 bridgehead atoms. The fraction of sp³-hybridized carbons (Fsp3) is 0.400. The molecule has 1 aliphatic rings. The van der Waals surface area contributed by atoms with Gasteiger partial charge in [0.05, 0.1) is 29.1 Å². The highest BCUT2D eigenvalue weighted by molar-refractivity contribution is 6.08. The highest BCUT2D eigenvalue weighted by Gasteiger charge is 2.33. The van der Waals surface area contributed by atoms with E-state index < -0.39 is 57.1 Å². The van der Waals surface area contributed by atoms with Crippen molar-refractivity contribution < 1.29 is 33.2 Å². The van der Waals surface area contributed by atoms with Gasteiger partial charge < -0.3 is 20.2 Å². The highest BCUT2D eigenvalue weighted by atomic mass is 19.1. The molecule has 1 aromatic rings. The van der Waals surface area contributed by atoms with Gasteiger partial charge in [-0.2, -0.15) is 4.39 Å². The highest BCUT2D eigenvalue weighted by Crippen LogP contribution is 2.28. The van der Waals surface area contributed by atoms with E-state index in [1.807, 2.05) is 0 Å². The normalized spacial score (nSPS) is 17.0. The van der Waals surface area contributed by atoms with Crippen LogP contribution in [0, 0.1) is 34.6 Å². The number of likely N-dealkylation sites (tertiary alicyclic amines) is 1. The van der Waals surface area contributed by atoms with Crippen molar-refractivity contribution in [1.82, 2.24) is 10.2 Å². The van der Waals surface area contributed by atoms with Crippen LogP contribution in [-0.4, -0.2) is 53.1 Å². The monoisotopic (exact) mass is 386 g/mol. The lowest BCUT2D eigenvalue weighted by molar-refractivity contribution is -0.388. The van der Waals surface area contributed by atoms with Crippen LogP contribution in [0.4, 0.5) is 19.3 Å². The number of nitrogens with one attached hydrogen (secondary N) is 1. The number of hydrogen-bond donors (Lipinski definition) is 2. The number of amides is 2. The number of nitrogens with zero attached hydrogens (tertiary/aromatic N) is 3. The number of hydrogen-bond acceptors (Lipinski definition) is 7. The molecular weight excluding hydrogens is 370 g/mol. The molecule has 1 saturated heterocycles. The molecule has 12 heteroatoms. The SMILES string of the molecule is COC(=O)N1CCC(C(=O)NC(=NO)c2cc(F)c(C)c([N+](=O)[O-])c2F)C1. The van der Waals surface area contributed by atoms with E-state index in [0.717, 1.165) is 6.92 Å². The Labute approximate surface area is 151 Å². The Bertz CT molecular complexity index is 829. The summed E-state index contributed by atoms with van der Waals surface area (Å²) in [5, 5.41) is 24.9. The Morgan fingerprint density at radius 2 is 2.15 bits per heavy atom. The number of nitro groups is 1. The van der Waals surface area contributed by atoms with E-state index in [1.165, 1.54) is 12.0 Å². The van der Waals surface area contributed by atoms with E-state index in [-0.39, 0.29) is 19.5 Å². The molecule has 1 fully saturated rings. The average Bonchev–Trinajstić information content (AvgIpc) is 3.12.